The van der Waals surface area contributed by atoms with Crippen LogP contribution in [0.3, 0.4) is 0 Å². The summed E-state index contributed by atoms with van der Waals surface area (Å²) in [4.78, 5) is 4.67. The topological polar surface area (TPSA) is 34.2 Å². The molecule has 0 aliphatic carbocycles. The second kappa shape index (κ2) is 16.0. The van der Waals surface area contributed by atoms with Crippen molar-refractivity contribution in [3.63, 3.8) is 0 Å². The van der Waals surface area contributed by atoms with E-state index < -0.39 is 0 Å². The maximum absolute atomic E-state index is 14.7. The molecular formula is C34H45FN2O3. The van der Waals surface area contributed by atoms with E-state index >= 15 is 0 Å². The molecule has 3 aromatic rings. The van der Waals surface area contributed by atoms with E-state index in [0.29, 0.717) is 13.2 Å². The molecule has 0 heterocycles. The predicted molar refractivity (Wildman–Crippen MR) is 164 cm³/mol. The molecule has 0 aliphatic heterocycles. The van der Waals surface area contributed by atoms with Gasteiger partial charge in [0.05, 0.1) is 7.11 Å². The van der Waals surface area contributed by atoms with Crippen LogP contribution in [-0.2, 0) is 0 Å². The molecule has 0 bridgehead atoms. The quantitative estimate of drug-likeness (QED) is 0.176. The van der Waals surface area contributed by atoms with Gasteiger partial charge in [-0.05, 0) is 97.3 Å². The lowest BCUT2D eigenvalue weighted by atomic mass is 9.90. The fourth-order valence-corrected chi connectivity index (χ4v) is 4.74. The Balaban J connectivity index is 1.88. The summed E-state index contributed by atoms with van der Waals surface area (Å²) in [5.74, 6) is 1.52. The number of likely N-dealkylation sites (N-methyl/N-ethyl adjacent to an activating group) is 2. The zero-order valence-corrected chi connectivity index (χ0v) is 25.0. The second-order valence-corrected chi connectivity index (χ2v) is 9.65. The molecule has 0 amide bonds. The van der Waals surface area contributed by atoms with Crippen LogP contribution in [0.15, 0.2) is 66.7 Å². The van der Waals surface area contributed by atoms with Crippen molar-refractivity contribution in [1.82, 2.24) is 9.80 Å². The molecule has 0 aromatic heterocycles. The summed E-state index contributed by atoms with van der Waals surface area (Å²) in [7, 11) is 1.48. The summed E-state index contributed by atoms with van der Waals surface area (Å²) in [6.07, 6.45) is 0. The van der Waals surface area contributed by atoms with Gasteiger partial charge in [-0.2, -0.15) is 0 Å². The average Bonchev–Trinajstić information content (AvgIpc) is 2.99. The standard InChI is InChI=1S/C34H45FN2O3/c1-7-36(8-2)21-23-39-30-16-11-27(12-17-30)34(26(5)29-15-20-33(38-6)32(35)25-29)28-13-18-31(19-14-28)40-24-22-37(9-3)10-4/h11-20,25H,7-10,21-24H2,1-6H3. The van der Waals surface area contributed by atoms with Gasteiger partial charge in [0, 0.05) is 13.1 Å². The van der Waals surface area contributed by atoms with Crippen LogP contribution in [0.5, 0.6) is 17.2 Å². The van der Waals surface area contributed by atoms with E-state index in [9.17, 15) is 4.39 Å². The average molecular weight is 549 g/mol. The monoisotopic (exact) mass is 548 g/mol. The fourth-order valence-electron chi connectivity index (χ4n) is 4.74. The van der Waals surface area contributed by atoms with E-state index in [-0.39, 0.29) is 11.6 Å². The smallest absolute Gasteiger partial charge is 0.165 e. The third kappa shape index (κ3) is 8.57. The molecular weight excluding hydrogens is 503 g/mol. The van der Waals surface area contributed by atoms with E-state index in [2.05, 4.69) is 61.8 Å². The minimum atomic E-state index is -0.382. The summed E-state index contributed by atoms with van der Waals surface area (Å²) < 4.78 is 31.8. The Morgan fingerprint density at radius 1 is 0.650 bits per heavy atom. The highest BCUT2D eigenvalue weighted by atomic mass is 19.1. The van der Waals surface area contributed by atoms with Crippen LogP contribution in [-0.4, -0.2) is 69.4 Å². The van der Waals surface area contributed by atoms with E-state index in [0.717, 1.165) is 78.6 Å². The van der Waals surface area contributed by atoms with Crippen molar-refractivity contribution in [3.05, 3.63) is 89.2 Å². The number of halogens is 1. The number of nitrogens with zero attached hydrogens (tertiary/aromatic N) is 2. The number of hydrogen-bond acceptors (Lipinski definition) is 5. The molecule has 0 radical (unpaired) electrons. The summed E-state index contributed by atoms with van der Waals surface area (Å²) in [6.45, 7) is 17.8. The zero-order chi connectivity index (χ0) is 28.9. The largest absolute Gasteiger partial charge is 0.494 e. The lowest BCUT2D eigenvalue weighted by Crippen LogP contribution is -2.27. The number of allylic oxidation sites excluding steroid dienone is 1. The van der Waals surface area contributed by atoms with E-state index in [1.807, 2.05) is 37.3 Å². The number of hydrogen-bond donors (Lipinski definition) is 0. The highest BCUT2D eigenvalue weighted by Crippen LogP contribution is 2.35. The number of ether oxygens (including phenoxy) is 3. The van der Waals surface area contributed by atoms with Crippen molar-refractivity contribution in [2.24, 2.45) is 0 Å². The SMILES string of the molecule is CCN(CC)CCOc1ccc(C(=C(C)c2ccc(OC)c(F)c2)c2ccc(OCCN(CC)CC)cc2)cc1. The normalized spacial score (nSPS) is 11.1. The molecule has 0 aliphatic rings. The van der Waals surface area contributed by atoms with Crippen LogP contribution in [0.25, 0.3) is 11.1 Å². The van der Waals surface area contributed by atoms with Crippen molar-refractivity contribution in [2.75, 3.05) is 59.6 Å². The van der Waals surface area contributed by atoms with Crippen molar-refractivity contribution < 1.29 is 18.6 Å². The molecule has 5 nitrogen and oxygen atoms in total. The van der Waals surface area contributed by atoms with Gasteiger partial charge in [-0.1, -0.05) is 58.0 Å². The lowest BCUT2D eigenvalue weighted by Gasteiger charge is -2.19. The molecule has 0 saturated heterocycles. The third-order valence-corrected chi connectivity index (χ3v) is 7.39. The second-order valence-electron chi connectivity index (χ2n) is 9.65. The first-order valence-electron chi connectivity index (χ1n) is 14.4. The summed E-state index contributed by atoms with van der Waals surface area (Å²) in [5, 5.41) is 0. The minimum absolute atomic E-state index is 0.232. The van der Waals surface area contributed by atoms with Gasteiger partial charge in [-0.25, -0.2) is 4.39 Å². The maximum Gasteiger partial charge on any atom is 0.165 e. The third-order valence-electron chi connectivity index (χ3n) is 7.39. The molecule has 0 N–H and O–H groups in total. The van der Waals surface area contributed by atoms with Crippen molar-refractivity contribution in [2.45, 2.75) is 34.6 Å². The fraction of sp³-hybridized carbons (Fsp3) is 0.412. The van der Waals surface area contributed by atoms with Crippen molar-refractivity contribution in [3.8, 4) is 17.2 Å². The number of methoxy groups -OCH3 is 1. The van der Waals surface area contributed by atoms with Gasteiger partial charge in [0.2, 0.25) is 0 Å². The Morgan fingerprint density at radius 2 is 1.07 bits per heavy atom. The highest BCUT2D eigenvalue weighted by Gasteiger charge is 2.14. The predicted octanol–water partition coefficient (Wildman–Crippen LogP) is 7.25. The molecule has 0 atom stereocenters. The zero-order valence-electron chi connectivity index (χ0n) is 25.0. The molecule has 0 saturated carbocycles. The van der Waals surface area contributed by atoms with Crippen molar-refractivity contribution in [1.29, 1.82) is 0 Å². The van der Waals surface area contributed by atoms with Gasteiger partial charge in [0.15, 0.2) is 11.6 Å². The number of rotatable bonds is 16. The van der Waals surface area contributed by atoms with E-state index in [1.54, 1.807) is 6.07 Å². The van der Waals surface area contributed by atoms with Gasteiger partial charge >= 0.3 is 0 Å². The molecule has 3 rings (SSSR count). The van der Waals surface area contributed by atoms with Crippen LogP contribution >= 0.6 is 0 Å². The van der Waals surface area contributed by atoms with Crippen LogP contribution < -0.4 is 14.2 Å². The van der Waals surface area contributed by atoms with Gasteiger partial charge in [-0.15, -0.1) is 0 Å². The Hall–Kier alpha value is -3.35. The van der Waals surface area contributed by atoms with Gasteiger partial charge in [0.1, 0.15) is 24.7 Å². The Labute approximate surface area is 240 Å². The minimum Gasteiger partial charge on any atom is -0.494 e. The summed E-state index contributed by atoms with van der Waals surface area (Å²) >= 11 is 0. The number of benzene rings is 3. The van der Waals surface area contributed by atoms with Gasteiger partial charge in [0.25, 0.3) is 0 Å². The summed E-state index contributed by atoms with van der Waals surface area (Å²) in [5.41, 5.74) is 4.84. The van der Waals surface area contributed by atoms with E-state index in [1.165, 1.54) is 13.2 Å². The van der Waals surface area contributed by atoms with E-state index in [4.69, 9.17) is 14.2 Å². The first kappa shape index (κ1) is 31.2. The van der Waals surface area contributed by atoms with Crippen LogP contribution in [0.2, 0.25) is 0 Å². The maximum atomic E-state index is 14.7. The van der Waals surface area contributed by atoms with Crippen LogP contribution in [0, 0.1) is 5.82 Å². The van der Waals surface area contributed by atoms with Gasteiger partial charge in [-0.3, -0.25) is 0 Å². The molecule has 0 unspecified atom stereocenters. The van der Waals surface area contributed by atoms with Crippen LogP contribution in [0.4, 0.5) is 4.39 Å². The molecule has 40 heavy (non-hydrogen) atoms. The van der Waals surface area contributed by atoms with Crippen molar-refractivity contribution >= 4 is 11.1 Å². The molecule has 0 fully saturated rings. The summed E-state index contributed by atoms with van der Waals surface area (Å²) in [6, 6.07) is 21.4. The first-order chi connectivity index (χ1) is 19.4. The highest BCUT2D eigenvalue weighted by molar-refractivity contribution is 5.98. The van der Waals surface area contributed by atoms with Crippen LogP contribution in [0.1, 0.15) is 51.3 Å². The molecule has 216 valence electrons. The molecule has 6 heteroatoms. The molecule has 3 aromatic carbocycles. The Kier molecular flexibility index (Phi) is 12.5. The lowest BCUT2D eigenvalue weighted by molar-refractivity contribution is 0.223. The first-order valence-corrected chi connectivity index (χ1v) is 14.4. The molecule has 0 spiro atoms. The van der Waals surface area contributed by atoms with Gasteiger partial charge < -0.3 is 24.0 Å². The Bertz CT molecular complexity index is 1140. The Morgan fingerprint density at radius 3 is 1.45 bits per heavy atom.